The lowest BCUT2D eigenvalue weighted by Crippen LogP contribution is -2.35. The standard InChI is InChI=1S/C27H30F3N5O2.2C2H6/c1-31-26(36)18-8-9-23(25(15-18)37-2)33-12-4-5-20-16-21-22(34-19-10-13-32-14-11-19)6-3-7-24(21)35(20)17-27(28,29)30;2*1-2/h3,6-9,15-16,19,32-34H,10-14,17H2,1-2H3,(H,31,36);2*1-2H3. The van der Waals surface area contributed by atoms with Crippen LogP contribution >= 0.6 is 0 Å². The molecule has 1 aromatic heterocycles. The number of piperidine rings is 1. The van der Waals surface area contributed by atoms with Gasteiger partial charge in [-0.15, -0.1) is 0 Å². The summed E-state index contributed by atoms with van der Waals surface area (Å²) in [5, 5.41) is 13.2. The number of amides is 1. The number of aromatic nitrogens is 1. The molecule has 0 spiro atoms. The molecule has 1 aliphatic rings. The Kier molecular flexibility index (Phi) is 13.4. The van der Waals surface area contributed by atoms with E-state index in [2.05, 4.69) is 33.1 Å². The molecule has 2 aromatic carbocycles. The van der Waals surface area contributed by atoms with E-state index in [4.69, 9.17) is 4.74 Å². The number of carbonyl (C=O) groups excluding carboxylic acids is 1. The summed E-state index contributed by atoms with van der Waals surface area (Å²) in [6.07, 6.45) is -2.49. The summed E-state index contributed by atoms with van der Waals surface area (Å²) in [5.41, 5.74) is 2.65. The van der Waals surface area contributed by atoms with Gasteiger partial charge in [0.15, 0.2) is 0 Å². The average Bonchev–Trinajstić information content (AvgIpc) is 3.34. The lowest BCUT2D eigenvalue weighted by Gasteiger charge is -2.25. The van der Waals surface area contributed by atoms with Crippen molar-refractivity contribution in [3.63, 3.8) is 0 Å². The van der Waals surface area contributed by atoms with Gasteiger partial charge in [0.1, 0.15) is 12.3 Å². The Hall–Kier alpha value is -3.84. The monoisotopic (exact) mass is 573 g/mol. The van der Waals surface area contributed by atoms with Gasteiger partial charge < -0.3 is 30.6 Å². The Morgan fingerprint density at radius 1 is 1.07 bits per heavy atom. The maximum Gasteiger partial charge on any atom is 0.406 e. The van der Waals surface area contributed by atoms with Gasteiger partial charge in [-0.2, -0.15) is 13.2 Å². The molecule has 0 unspecified atom stereocenters. The van der Waals surface area contributed by atoms with Crippen molar-refractivity contribution in [3.8, 4) is 17.6 Å². The van der Waals surface area contributed by atoms with Crippen molar-refractivity contribution in [3.05, 3.63) is 53.7 Å². The predicted molar refractivity (Wildman–Crippen MR) is 162 cm³/mol. The van der Waals surface area contributed by atoms with Gasteiger partial charge in [0.05, 0.1) is 30.6 Å². The van der Waals surface area contributed by atoms with E-state index in [-0.39, 0.29) is 24.2 Å². The van der Waals surface area contributed by atoms with E-state index in [0.29, 0.717) is 27.9 Å². The zero-order chi connectivity index (χ0) is 30.4. The van der Waals surface area contributed by atoms with Crippen LogP contribution in [0.2, 0.25) is 0 Å². The second-order valence-corrected chi connectivity index (χ2v) is 8.79. The summed E-state index contributed by atoms with van der Waals surface area (Å²) in [7, 11) is 3.03. The quantitative estimate of drug-likeness (QED) is 0.251. The second-order valence-electron chi connectivity index (χ2n) is 8.79. The van der Waals surface area contributed by atoms with Crippen molar-refractivity contribution in [2.45, 2.75) is 59.3 Å². The van der Waals surface area contributed by atoms with Crippen LogP contribution in [0, 0.1) is 11.8 Å². The third-order valence-electron chi connectivity index (χ3n) is 6.26. The Morgan fingerprint density at radius 2 is 1.78 bits per heavy atom. The smallest absolute Gasteiger partial charge is 0.406 e. The summed E-state index contributed by atoms with van der Waals surface area (Å²) >= 11 is 0. The third-order valence-corrected chi connectivity index (χ3v) is 6.26. The summed E-state index contributed by atoms with van der Waals surface area (Å²) in [6.45, 7) is 8.86. The van der Waals surface area contributed by atoms with Crippen LogP contribution in [0.15, 0.2) is 42.5 Å². The lowest BCUT2D eigenvalue weighted by molar-refractivity contribution is -0.140. The number of alkyl halides is 3. The van der Waals surface area contributed by atoms with Crippen molar-refractivity contribution in [2.75, 3.05) is 44.4 Å². The molecule has 2 heterocycles. The van der Waals surface area contributed by atoms with Gasteiger partial charge >= 0.3 is 6.18 Å². The molecule has 0 saturated carbocycles. The number of hydrogen-bond acceptors (Lipinski definition) is 5. The van der Waals surface area contributed by atoms with Gasteiger partial charge in [-0.25, -0.2) is 0 Å². The highest BCUT2D eigenvalue weighted by molar-refractivity contribution is 5.95. The fraction of sp³-hybridized carbons (Fsp3) is 0.452. The van der Waals surface area contributed by atoms with E-state index in [0.717, 1.165) is 31.6 Å². The SMILES string of the molecule is CC.CC.CNC(=O)c1ccc(NCC#Cc2cc3c(NC4CCNCC4)cccc3n2CC(F)(F)F)c(OC)c1. The minimum atomic E-state index is -4.39. The van der Waals surface area contributed by atoms with Crippen molar-refractivity contribution in [1.82, 2.24) is 15.2 Å². The van der Waals surface area contributed by atoms with Gasteiger partial charge in [0.25, 0.3) is 5.91 Å². The third kappa shape index (κ3) is 9.35. The number of benzene rings is 2. The molecule has 224 valence electrons. The minimum absolute atomic E-state index is 0.170. The number of carbonyl (C=O) groups is 1. The van der Waals surface area contributed by atoms with Gasteiger partial charge in [0, 0.05) is 29.7 Å². The highest BCUT2D eigenvalue weighted by Gasteiger charge is 2.30. The molecule has 0 radical (unpaired) electrons. The van der Waals surface area contributed by atoms with Crippen molar-refractivity contribution < 1.29 is 22.7 Å². The Bertz CT molecular complexity index is 1320. The van der Waals surface area contributed by atoms with Crippen LogP contribution in [0.5, 0.6) is 5.75 Å². The highest BCUT2D eigenvalue weighted by Crippen LogP contribution is 2.31. The number of ether oxygens (including phenoxy) is 1. The Labute approximate surface area is 241 Å². The van der Waals surface area contributed by atoms with Crippen molar-refractivity contribution >= 4 is 28.2 Å². The van der Waals surface area contributed by atoms with E-state index in [1.807, 2.05) is 33.8 Å². The van der Waals surface area contributed by atoms with E-state index in [9.17, 15) is 18.0 Å². The van der Waals surface area contributed by atoms with Crippen molar-refractivity contribution in [2.24, 2.45) is 0 Å². The number of nitrogens with one attached hydrogen (secondary N) is 4. The number of methoxy groups -OCH3 is 1. The van der Waals surface area contributed by atoms with Crippen LogP contribution in [-0.4, -0.2) is 56.5 Å². The first kappa shape index (κ1) is 33.4. The largest absolute Gasteiger partial charge is 0.495 e. The Balaban J connectivity index is 0.00000141. The van der Waals surface area contributed by atoms with Gasteiger partial charge in [-0.3, -0.25) is 4.79 Å². The van der Waals surface area contributed by atoms with Crippen LogP contribution in [0.1, 0.15) is 56.6 Å². The number of fused-ring (bicyclic) bond motifs is 1. The normalized spacial score (nSPS) is 13.0. The van der Waals surface area contributed by atoms with Crippen LogP contribution in [0.4, 0.5) is 24.5 Å². The molecule has 1 aliphatic heterocycles. The summed E-state index contributed by atoms with van der Waals surface area (Å²) < 4.78 is 47.0. The topological polar surface area (TPSA) is 79.4 Å². The molecule has 7 nitrogen and oxygen atoms in total. The van der Waals surface area contributed by atoms with Gasteiger partial charge in [-0.05, 0) is 68.2 Å². The summed E-state index contributed by atoms with van der Waals surface area (Å²) in [4.78, 5) is 11.9. The zero-order valence-electron chi connectivity index (χ0n) is 24.8. The molecule has 10 heteroatoms. The highest BCUT2D eigenvalue weighted by atomic mass is 19.4. The first-order valence-electron chi connectivity index (χ1n) is 14.1. The lowest BCUT2D eigenvalue weighted by atomic mass is 10.1. The molecule has 3 aromatic rings. The molecule has 0 aliphatic carbocycles. The van der Waals surface area contributed by atoms with E-state index in [1.54, 1.807) is 43.4 Å². The molecular weight excluding hydrogens is 531 g/mol. The van der Waals surface area contributed by atoms with Crippen LogP contribution in [-0.2, 0) is 6.54 Å². The van der Waals surface area contributed by atoms with Crippen LogP contribution < -0.4 is 26.0 Å². The van der Waals surface area contributed by atoms with Crippen LogP contribution in [0.3, 0.4) is 0 Å². The Morgan fingerprint density at radius 3 is 2.41 bits per heavy atom. The van der Waals surface area contributed by atoms with E-state index < -0.39 is 12.7 Å². The van der Waals surface area contributed by atoms with Gasteiger partial charge in [0.2, 0.25) is 0 Å². The molecule has 1 amide bonds. The maximum atomic E-state index is 13.5. The molecule has 0 bridgehead atoms. The number of nitrogens with zero attached hydrogens (tertiary/aromatic N) is 1. The first-order chi connectivity index (χ1) is 19.8. The fourth-order valence-electron chi connectivity index (χ4n) is 4.45. The molecule has 4 rings (SSSR count). The zero-order valence-corrected chi connectivity index (χ0v) is 24.8. The van der Waals surface area contributed by atoms with E-state index >= 15 is 0 Å². The van der Waals surface area contributed by atoms with Crippen LogP contribution in [0.25, 0.3) is 10.9 Å². The second kappa shape index (κ2) is 16.4. The number of anilines is 2. The summed E-state index contributed by atoms with van der Waals surface area (Å²) in [5.74, 6) is 6.06. The molecule has 1 fully saturated rings. The number of rotatable bonds is 7. The average molecular weight is 574 g/mol. The fourth-order valence-corrected chi connectivity index (χ4v) is 4.45. The van der Waals surface area contributed by atoms with E-state index in [1.165, 1.54) is 11.7 Å². The molecular formula is C31H42F3N5O2. The predicted octanol–water partition coefficient (Wildman–Crippen LogP) is 6.25. The molecule has 1 saturated heterocycles. The molecule has 4 N–H and O–H groups in total. The minimum Gasteiger partial charge on any atom is -0.495 e. The summed E-state index contributed by atoms with van der Waals surface area (Å²) in [6, 6.07) is 12.3. The van der Waals surface area contributed by atoms with Crippen molar-refractivity contribution in [1.29, 1.82) is 0 Å². The number of halogens is 3. The molecule has 0 atom stereocenters. The number of hydrogen-bond donors (Lipinski definition) is 4. The first-order valence-corrected chi connectivity index (χ1v) is 14.1. The van der Waals surface area contributed by atoms with Gasteiger partial charge in [-0.1, -0.05) is 39.7 Å². The maximum absolute atomic E-state index is 13.5. The molecule has 41 heavy (non-hydrogen) atoms.